The van der Waals surface area contributed by atoms with Crippen LogP contribution in [0.1, 0.15) is 43.4 Å². The third-order valence-electron chi connectivity index (χ3n) is 6.45. The molecule has 1 saturated heterocycles. The summed E-state index contributed by atoms with van der Waals surface area (Å²) in [5.41, 5.74) is 3.83. The van der Waals surface area contributed by atoms with Gasteiger partial charge in [-0.05, 0) is 62.4 Å². The van der Waals surface area contributed by atoms with Crippen molar-refractivity contribution in [3.63, 3.8) is 0 Å². The first-order valence-electron chi connectivity index (χ1n) is 13.0. The summed E-state index contributed by atoms with van der Waals surface area (Å²) in [6.07, 6.45) is 12.3. The number of nitrogens with one attached hydrogen (secondary N) is 1. The van der Waals surface area contributed by atoms with Crippen LogP contribution in [0.2, 0.25) is 0 Å². The number of amides is 1. The van der Waals surface area contributed by atoms with Crippen LogP contribution in [0.25, 0.3) is 6.08 Å². The highest BCUT2D eigenvalue weighted by molar-refractivity contribution is 5.91. The number of ether oxygens (including phenoxy) is 1. The number of benzene rings is 1. The Morgan fingerprint density at radius 3 is 2.76 bits per heavy atom. The molecule has 2 heterocycles. The van der Waals surface area contributed by atoms with Crippen LogP contribution in [0, 0.1) is 5.92 Å². The van der Waals surface area contributed by atoms with E-state index in [1.807, 2.05) is 29.3 Å². The SMILES string of the molecule is C=N/C=C\N(CCCCOCc1ccccc1)CCC1CCN(C(=O)/C=C/c2ccc(NOC)o2)CC1. The van der Waals surface area contributed by atoms with E-state index in [0.29, 0.717) is 24.2 Å². The summed E-state index contributed by atoms with van der Waals surface area (Å²) < 4.78 is 11.3. The van der Waals surface area contributed by atoms with Gasteiger partial charge in [0.25, 0.3) is 0 Å². The van der Waals surface area contributed by atoms with E-state index in [1.165, 1.54) is 12.7 Å². The maximum Gasteiger partial charge on any atom is 0.246 e. The Morgan fingerprint density at radius 1 is 1.19 bits per heavy atom. The summed E-state index contributed by atoms with van der Waals surface area (Å²) in [5, 5.41) is 0. The van der Waals surface area contributed by atoms with Gasteiger partial charge >= 0.3 is 0 Å². The van der Waals surface area contributed by atoms with E-state index in [1.54, 1.807) is 30.5 Å². The van der Waals surface area contributed by atoms with Crippen LogP contribution in [0.3, 0.4) is 0 Å². The second-order valence-corrected chi connectivity index (χ2v) is 9.16. The van der Waals surface area contributed by atoms with Gasteiger partial charge in [0.05, 0.1) is 13.7 Å². The molecule has 0 spiro atoms. The van der Waals surface area contributed by atoms with Crippen molar-refractivity contribution in [2.45, 2.75) is 38.7 Å². The smallest absolute Gasteiger partial charge is 0.246 e. The number of furan rings is 1. The van der Waals surface area contributed by atoms with Gasteiger partial charge in [-0.2, -0.15) is 0 Å². The molecule has 0 atom stereocenters. The highest BCUT2D eigenvalue weighted by Gasteiger charge is 2.21. The fraction of sp³-hybridized carbons (Fsp3) is 0.448. The molecule has 1 fully saturated rings. The minimum atomic E-state index is 0.0206. The number of carbonyl (C=O) groups is 1. The number of unbranched alkanes of at least 4 members (excludes halogenated alkanes) is 1. The van der Waals surface area contributed by atoms with Gasteiger partial charge in [0.2, 0.25) is 11.8 Å². The van der Waals surface area contributed by atoms with Gasteiger partial charge in [0.1, 0.15) is 5.76 Å². The zero-order valence-electron chi connectivity index (χ0n) is 21.9. The normalized spacial score (nSPS) is 14.5. The lowest BCUT2D eigenvalue weighted by atomic mass is 9.93. The molecule has 3 rings (SSSR count). The topological polar surface area (TPSA) is 79.5 Å². The van der Waals surface area contributed by atoms with E-state index >= 15 is 0 Å². The van der Waals surface area contributed by atoms with Crippen LogP contribution >= 0.6 is 0 Å². The number of aliphatic imine (C=N–C) groups is 1. The summed E-state index contributed by atoms with van der Waals surface area (Å²) in [7, 11) is 1.52. The van der Waals surface area contributed by atoms with Crippen LogP contribution in [0.15, 0.2) is 70.4 Å². The molecule has 0 unspecified atom stereocenters. The van der Waals surface area contributed by atoms with Gasteiger partial charge in [-0.3, -0.25) is 14.6 Å². The lowest BCUT2D eigenvalue weighted by molar-refractivity contribution is -0.127. The average molecular weight is 509 g/mol. The molecule has 8 nitrogen and oxygen atoms in total. The van der Waals surface area contributed by atoms with Gasteiger partial charge < -0.3 is 19.0 Å². The summed E-state index contributed by atoms with van der Waals surface area (Å²) in [5.74, 6) is 1.74. The van der Waals surface area contributed by atoms with E-state index in [0.717, 1.165) is 64.9 Å². The van der Waals surface area contributed by atoms with Crippen LogP contribution in [-0.2, 0) is 21.0 Å². The molecule has 0 radical (unpaired) electrons. The van der Waals surface area contributed by atoms with Crippen molar-refractivity contribution < 1.29 is 18.8 Å². The Kier molecular flexibility index (Phi) is 12.5. The summed E-state index contributed by atoms with van der Waals surface area (Å²) >= 11 is 0. The van der Waals surface area contributed by atoms with Crippen LogP contribution in [-0.4, -0.2) is 62.3 Å². The van der Waals surface area contributed by atoms with Gasteiger partial charge in [-0.25, -0.2) is 5.48 Å². The molecular formula is C29H40N4O4. The molecule has 200 valence electrons. The molecule has 8 heteroatoms. The van der Waals surface area contributed by atoms with Gasteiger partial charge in [-0.15, -0.1) is 0 Å². The Labute approximate surface area is 220 Å². The number of rotatable bonds is 16. The van der Waals surface area contributed by atoms with Crippen molar-refractivity contribution in [1.29, 1.82) is 0 Å². The van der Waals surface area contributed by atoms with E-state index in [2.05, 4.69) is 34.2 Å². The Morgan fingerprint density at radius 2 is 2.00 bits per heavy atom. The zero-order chi connectivity index (χ0) is 26.1. The predicted octanol–water partition coefficient (Wildman–Crippen LogP) is 5.37. The fourth-order valence-corrected chi connectivity index (χ4v) is 4.33. The number of anilines is 1. The van der Waals surface area contributed by atoms with Crippen LogP contribution < -0.4 is 5.48 Å². The van der Waals surface area contributed by atoms with E-state index < -0.39 is 0 Å². The number of hydrogen-bond acceptors (Lipinski definition) is 7. The Balaban J connectivity index is 1.32. The average Bonchev–Trinajstić information content (AvgIpc) is 3.38. The van der Waals surface area contributed by atoms with E-state index in [-0.39, 0.29) is 5.91 Å². The quantitative estimate of drug-likeness (QED) is 0.142. The minimum Gasteiger partial charge on any atom is -0.439 e. The summed E-state index contributed by atoms with van der Waals surface area (Å²) in [6.45, 7) is 8.50. The molecule has 1 aromatic carbocycles. The molecule has 37 heavy (non-hydrogen) atoms. The molecule has 0 saturated carbocycles. The van der Waals surface area contributed by atoms with E-state index in [9.17, 15) is 4.79 Å². The molecule has 1 N–H and O–H groups in total. The molecule has 0 bridgehead atoms. The van der Waals surface area contributed by atoms with Crippen molar-refractivity contribution >= 4 is 24.6 Å². The number of carbonyl (C=O) groups excluding carboxylic acids is 1. The molecular weight excluding hydrogens is 468 g/mol. The van der Waals surface area contributed by atoms with E-state index in [4.69, 9.17) is 14.0 Å². The molecule has 1 aromatic heterocycles. The summed E-state index contributed by atoms with van der Waals surface area (Å²) in [6, 6.07) is 13.8. The third-order valence-corrected chi connectivity index (χ3v) is 6.45. The first-order valence-corrected chi connectivity index (χ1v) is 13.0. The van der Waals surface area contributed by atoms with Crippen LogP contribution in [0.5, 0.6) is 0 Å². The molecule has 1 aliphatic heterocycles. The highest BCUT2D eigenvalue weighted by atomic mass is 16.6. The van der Waals surface area contributed by atoms with Crippen LogP contribution in [0.4, 0.5) is 5.88 Å². The van der Waals surface area contributed by atoms with Crippen molar-refractivity contribution in [1.82, 2.24) is 9.80 Å². The number of nitrogens with zero attached hydrogens (tertiary/aromatic N) is 3. The Hall–Kier alpha value is -3.36. The maximum absolute atomic E-state index is 12.6. The minimum absolute atomic E-state index is 0.0206. The molecule has 0 aliphatic carbocycles. The number of likely N-dealkylation sites (tertiary alicyclic amines) is 1. The zero-order valence-corrected chi connectivity index (χ0v) is 21.9. The van der Waals surface area contributed by atoms with Crippen molar-refractivity contribution in [2.75, 3.05) is 45.4 Å². The monoisotopic (exact) mass is 508 g/mol. The van der Waals surface area contributed by atoms with Crippen molar-refractivity contribution in [2.24, 2.45) is 10.9 Å². The maximum atomic E-state index is 12.6. The first-order chi connectivity index (χ1) is 18.2. The van der Waals surface area contributed by atoms with Crippen molar-refractivity contribution in [3.05, 3.63) is 72.3 Å². The predicted molar refractivity (Wildman–Crippen MR) is 148 cm³/mol. The van der Waals surface area contributed by atoms with Gasteiger partial charge in [-0.1, -0.05) is 30.3 Å². The number of piperidine rings is 1. The molecule has 2 aromatic rings. The standard InChI is InChI=1S/C29H40N4O4/c1-30-17-22-32(18-6-7-23-36-24-26-8-4-3-5-9-26)19-14-25-15-20-33(21-16-25)29(34)13-11-27-10-12-28(37-27)31-35-2/h3-5,8-13,17,22,25,31H,1,6-7,14-16,18-21,23-24H2,2H3/b13-11+,22-17-. The lowest BCUT2D eigenvalue weighted by Gasteiger charge is -2.32. The van der Waals surface area contributed by atoms with Gasteiger partial charge in [0.15, 0.2) is 0 Å². The first kappa shape index (κ1) is 28.2. The van der Waals surface area contributed by atoms with Crippen molar-refractivity contribution in [3.8, 4) is 0 Å². The second-order valence-electron chi connectivity index (χ2n) is 9.16. The van der Waals surface area contributed by atoms with Gasteiger partial charge in [0, 0.05) is 57.3 Å². The Bertz CT molecular complexity index is 981. The lowest BCUT2D eigenvalue weighted by Crippen LogP contribution is -2.38. The molecule has 1 amide bonds. The number of hydrogen-bond donors (Lipinski definition) is 1. The fourth-order valence-electron chi connectivity index (χ4n) is 4.33. The second kappa shape index (κ2) is 16.4. The highest BCUT2D eigenvalue weighted by Crippen LogP contribution is 2.22. The third kappa shape index (κ3) is 10.7. The largest absolute Gasteiger partial charge is 0.439 e. The summed E-state index contributed by atoms with van der Waals surface area (Å²) in [4.78, 5) is 25.5. The molecule has 1 aliphatic rings.